The summed E-state index contributed by atoms with van der Waals surface area (Å²) in [5.74, 6) is 0.596. The maximum absolute atomic E-state index is 12.8. The molecule has 7 nitrogen and oxygen atoms in total. The molecule has 1 saturated carbocycles. The molecule has 32 heavy (non-hydrogen) atoms. The number of nitrogens with zero attached hydrogens (tertiary/aromatic N) is 2. The lowest BCUT2D eigenvalue weighted by Gasteiger charge is -2.17. The van der Waals surface area contributed by atoms with Gasteiger partial charge in [0.15, 0.2) is 0 Å². The zero-order valence-electron chi connectivity index (χ0n) is 18.4. The van der Waals surface area contributed by atoms with Crippen LogP contribution in [0, 0.1) is 5.92 Å². The number of nitrogens with one attached hydrogen (secondary N) is 1. The van der Waals surface area contributed by atoms with Gasteiger partial charge in [-0.15, -0.1) is 0 Å². The van der Waals surface area contributed by atoms with Gasteiger partial charge in [0.2, 0.25) is 0 Å². The van der Waals surface area contributed by atoms with Gasteiger partial charge in [-0.3, -0.25) is 9.36 Å². The molecule has 170 valence electrons. The summed E-state index contributed by atoms with van der Waals surface area (Å²) in [6.45, 7) is 1.94. The molecule has 1 aliphatic heterocycles. The Morgan fingerprint density at radius 2 is 2.03 bits per heavy atom. The topological polar surface area (TPSA) is 93.5 Å². The van der Waals surface area contributed by atoms with E-state index in [1.54, 1.807) is 30.5 Å². The van der Waals surface area contributed by atoms with E-state index in [4.69, 9.17) is 4.74 Å². The molecule has 4 rings (SSSR count). The lowest BCUT2D eigenvalue weighted by molar-refractivity contribution is -0.0217. The second-order valence-corrected chi connectivity index (χ2v) is 8.68. The van der Waals surface area contributed by atoms with Crippen LogP contribution in [0.4, 0.5) is 5.82 Å². The Balaban J connectivity index is 1.61. The number of carbonyl (C=O) groups is 1. The number of hydrogen-bond donors (Lipinski definition) is 2. The number of aromatic nitrogens is 2. The number of hydrogen-bond acceptors (Lipinski definition) is 5. The zero-order chi connectivity index (χ0) is 22.5. The van der Waals surface area contributed by atoms with Crippen molar-refractivity contribution in [1.29, 1.82) is 0 Å². The van der Waals surface area contributed by atoms with E-state index in [1.165, 1.54) is 30.3 Å². The number of ether oxygens (including phenoxy) is 1. The van der Waals surface area contributed by atoms with Gasteiger partial charge < -0.3 is 15.2 Å². The fraction of sp³-hybridized carbons (Fsp3) is 0.480. The van der Waals surface area contributed by atoms with E-state index in [0.717, 1.165) is 6.42 Å². The monoisotopic (exact) mass is 437 g/mol. The summed E-state index contributed by atoms with van der Waals surface area (Å²) in [4.78, 5) is 29.7. The van der Waals surface area contributed by atoms with Crippen molar-refractivity contribution >= 4 is 17.8 Å². The number of carbonyl (C=O) groups excluding carboxylic acids is 1. The molecule has 2 aromatic rings. The standard InChI is InChI=1S/C25H31N3O4/c1-2-21-20(29)15-22(32-21)28-16-19(14-8-11-17-9-6-7-10-17)23(27-25(28)31)26-24(30)18-12-4-3-5-13-18/h3-5,8,12-14,16-17,20-22,29H,2,6-7,9-11,15H2,1H3,(H,26,27,30,31)/b14-8+/t20-,21-,22-/m1/s1. The maximum atomic E-state index is 12.8. The van der Waals surface area contributed by atoms with Crippen molar-refractivity contribution in [3.05, 3.63) is 64.2 Å². The van der Waals surface area contributed by atoms with Crippen LogP contribution in [0.1, 0.15) is 74.0 Å². The Morgan fingerprint density at radius 1 is 1.28 bits per heavy atom. The van der Waals surface area contributed by atoms with Crippen LogP contribution in [-0.2, 0) is 4.74 Å². The summed E-state index contributed by atoms with van der Waals surface area (Å²) in [5.41, 5.74) is 0.618. The second kappa shape index (κ2) is 10.2. The van der Waals surface area contributed by atoms with Crippen LogP contribution in [0.5, 0.6) is 0 Å². The van der Waals surface area contributed by atoms with E-state index in [-0.39, 0.29) is 17.8 Å². The van der Waals surface area contributed by atoms with Crippen LogP contribution < -0.4 is 11.0 Å². The molecule has 0 bridgehead atoms. The molecular weight excluding hydrogens is 406 g/mol. The molecule has 7 heteroatoms. The minimum atomic E-state index is -0.615. The highest BCUT2D eigenvalue weighted by Gasteiger charge is 2.34. The van der Waals surface area contributed by atoms with Crippen molar-refractivity contribution in [2.45, 2.75) is 70.3 Å². The molecule has 0 radical (unpaired) electrons. The van der Waals surface area contributed by atoms with E-state index in [9.17, 15) is 14.7 Å². The minimum absolute atomic E-state index is 0.230. The average molecular weight is 438 g/mol. The molecule has 2 N–H and O–H groups in total. The van der Waals surface area contributed by atoms with E-state index in [0.29, 0.717) is 29.9 Å². The van der Waals surface area contributed by atoms with Gasteiger partial charge in [0.05, 0.1) is 12.2 Å². The molecule has 1 aromatic carbocycles. The fourth-order valence-corrected chi connectivity index (χ4v) is 4.57. The van der Waals surface area contributed by atoms with Gasteiger partial charge >= 0.3 is 5.69 Å². The molecule has 0 unspecified atom stereocenters. The summed E-state index contributed by atoms with van der Waals surface area (Å²) in [5, 5.41) is 13.0. The highest BCUT2D eigenvalue weighted by Crippen LogP contribution is 2.31. The van der Waals surface area contributed by atoms with E-state index >= 15 is 0 Å². The minimum Gasteiger partial charge on any atom is -0.390 e. The predicted octanol–water partition coefficient (Wildman–Crippen LogP) is 4.15. The Hall–Kier alpha value is -2.77. The predicted molar refractivity (Wildman–Crippen MR) is 123 cm³/mol. The number of allylic oxidation sites excluding steroid dienone is 1. The van der Waals surface area contributed by atoms with Crippen LogP contribution >= 0.6 is 0 Å². The van der Waals surface area contributed by atoms with Gasteiger partial charge in [0.25, 0.3) is 5.91 Å². The molecule has 1 aliphatic carbocycles. The molecule has 2 heterocycles. The van der Waals surface area contributed by atoms with E-state index in [1.807, 2.05) is 19.1 Å². The molecule has 3 atom stereocenters. The maximum Gasteiger partial charge on any atom is 0.351 e. The molecule has 2 fully saturated rings. The van der Waals surface area contributed by atoms with Crippen LogP contribution in [-0.4, -0.2) is 32.8 Å². The lowest BCUT2D eigenvalue weighted by atomic mass is 10.0. The van der Waals surface area contributed by atoms with Gasteiger partial charge in [0, 0.05) is 23.7 Å². The van der Waals surface area contributed by atoms with Crippen molar-refractivity contribution < 1.29 is 14.6 Å². The Kier molecular flexibility index (Phi) is 7.17. The highest BCUT2D eigenvalue weighted by atomic mass is 16.5. The molecule has 2 aliphatic rings. The highest BCUT2D eigenvalue weighted by molar-refractivity contribution is 6.04. The van der Waals surface area contributed by atoms with Gasteiger partial charge in [-0.2, -0.15) is 4.98 Å². The summed E-state index contributed by atoms with van der Waals surface area (Å²) in [6.07, 6.45) is 11.2. The normalized spacial score (nSPS) is 23.8. The third-order valence-electron chi connectivity index (χ3n) is 6.41. The molecule has 1 amide bonds. The first-order valence-corrected chi connectivity index (χ1v) is 11.5. The second-order valence-electron chi connectivity index (χ2n) is 8.68. The number of anilines is 1. The molecular formula is C25H31N3O4. The van der Waals surface area contributed by atoms with E-state index < -0.39 is 18.0 Å². The summed E-state index contributed by atoms with van der Waals surface area (Å²) in [6, 6.07) is 8.84. The van der Waals surface area contributed by atoms with Gasteiger partial charge in [-0.05, 0) is 30.9 Å². The van der Waals surface area contributed by atoms with Gasteiger partial charge in [0.1, 0.15) is 12.0 Å². The Bertz CT molecular complexity index is 1010. The first-order valence-electron chi connectivity index (χ1n) is 11.5. The Labute approximate surface area is 188 Å². The quantitative estimate of drug-likeness (QED) is 0.679. The van der Waals surface area contributed by atoms with Crippen LogP contribution in [0.15, 0.2) is 47.4 Å². The fourth-order valence-electron chi connectivity index (χ4n) is 4.57. The molecule has 1 aromatic heterocycles. The van der Waals surface area contributed by atoms with Crippen molar-refractivity contribution in [3.8, 4) is 0 Å². The van der Waals surface area contributed by atoms with Crippen molar-refractivity contribution in [2.75, 3.05) is 5.32 Å². The number of amides is 1. The smallest absolute Gasteiger partial charge is 0.351 e. The average Bonchev–Trinajstić information content (AvgIpc) is 3.45. The lowest BCUT2D eigenvalue weighted by Crippen LogP contribution is -2.29. The summed E-state index contributed by atoms with van der Waals surface area (Å²) >= 11 is 0. The van der Waals surface area contributed by atoms with Crippen LogP contribution in [0.3, 0.4) is 0 Å². The van der Waals surface area contributed by atoms with Crippen molar-refractivity contribution in [2.24, 2.45) is 5.92 Å². The van der Waals surface area contributed by atoms with Crippen LogP contribution in [0.2, 0.25) is 0 Å². The number of rotatable bonds is 7. The Morgan fingerprint density at radius 3 is 2.72 bits per heavy atom. The number of aliphatic hydroxyl groups is 1. The van der Waals surface area contributed by atoms with Crippen LogP contribution in [0.25, 0.3) is 6.08 Å². The summed E-state index contributed by atoms with van der Waals surface area (Å²) < 4.78 is 7.31. The first-order chi connectivity index (χ1) is 15.5. The van der Waals surface area contributed by atoms with Gasteiger partial charge in [-0.25, -0.2) is 4.79 Å². The zero-order valence-corrected chi connectivity index (χ0v) is 18.4. The summed E-state index contributed by atoms with van der Waals surface area (Å²) in [7, 11) is 0. The third-order valence-corrected chi connectivity index (χ3v) is 6.41. The first kappa shape index (κ1) is 22.4. The third kappa shape index (κ3) is 5.16. The number of aliphatic hydroxyl groups excluding tert-OH is 1. The molecule has 0 spiro atoms. The molecule has 1 saturated heterocycles. The largest absolute Gasteiger partial charge is 0.390 e. The van der Waals surface area contributed by atoms with E-state index in [2.05, 4.69) is 16.4 Å². The van der Waals surface area contributed by atoms with Crippen molar-refractivity contribution in [1.82, 2.24) is 9.55 Å². The number of benzene rings is 1. The SMILES string of the molecule is CC[C@H]1O[C@@H](n2cc(/C=C/CC3CCCC3)c(NC(=O)c3ccccc3)nc2=O)C[C@H]1O. The van der Waals surface area contributed by atoms with Gasteiger partial charge in [-0.1, -0.05) is 63.0 Å². The van der Waals surface area contributed by atoms with Crippen molar-refractivity contribution in [3.63, 3.8) is 0 Å².